The van der Waals surface area contributed by atoms with Crippen molar-refractivity contribution in [2.75, 3.05) is 0 Å². The molecule has 1 aliphatic carbocycles. The molecule has 1 atom stereocenters. The predicted octanol–water partition coefficient (Wildman–Crippen LogP) is 5.05. The molecule has 0 nitrogen and oxygen atoms in total. The number of halogens is 2. The van der Waals surface area contributed by atoms with Crippen molar-refractivity contribution < 1.29 is 8.78 Å². The van der Waals surface area contributed by atoms with Crippen molar-refractivity contribution >= 4 is 0 Å². The van der Waals surface area contributed by atoms with Crippen molar-refractivity contribution in [2.45, 2.75) is 58.3 Å². The van der Waals surface area contributed by atoms with Crippen molar-refractivity contribution in [3.05, 3.63) is 12.7 Å². The smallest absolute Gasteiger partial charge is 0.207 e. The molecule has 16 heavy (non-hydrogen) atoms. The van der Waals surface area contributed by atoms with E-state index in [2.05, 4.69) is 20.4 Å². The van der Waals surface area contributed by atoms with Crippen LogP contribution in [0.5, 0.6) is 0 Å². The van der Waals surface area contributed by atoms with Gasteiger partial charge in [0.05, 0.1) is 0 Å². The standard InChI is InChI=1S/C14H24F2/c1-4-5-6-7-12(8-11(2)3)13-9-14(15,16)10-13/h4,11-13H,1,5-10H2,2-3H3/t12-/m0/s1. The predicted molar refractivity (Wildman–Crippen MR) is 64.7 cm³/mol. The topological polar surface area (TPSA) is 0 Å². The van der Waals surface area contributed by atoms with E-state index >= 15 is 0 Å². The molecule has 2 heteroatoms. The second-order valence-electron chi connectivity index (χ2n) is 5.63. The minimum absolute atomic E-state index is 0.123. The molecular weight excluding hydrogens is 206 g/mol. The Hall–Kier alpha value is -0.400. The molecule has 0 heterocycles. The van der Waals surface area contributed by atoms with Crippen LogP contribution in [0.4, 0.5) is 8.78 Å². The van der Waals surface area contributed by atoms with Gasteiger partial charge in [-0.1, -0.05) is 19.9 Å². The SMILES string of the molecule is C=CCCC[C@@H](CC(C)C)C1CC(F)(F)C1. The van der Waals surface area contributed by atoms with Gasteiger partial charge in [0, 0.05) is 12.8 Å². The molecular formula is C14H24F2. The molecule has 0 N–H and O–H groups in total. The lowest BCUT2D eigenvalue weighted by molar-refractivity contribution is -0.128. The number of alkyl halides is 2. The Kier molecular flexibility index (Phi) is 4.94. The summed E-state index contributed by atoms with van der Waals surface area (Å²) in [5, 5.41) is 0. The van der Waals surface area contributed by atoms with Gasteiger partial charge in [-0.25, -0.2) is 8.78 Å². The maximum absolute atomic E-state index is 12.9. The first-order valence-electron chi connectivity index (χ1n) is 6.43. The normalized spacial score (nSPS) is 21.8. The van der Waals surface area contributed by atoms with Gasteiger partial charge in [0.1, 0.15) is 0 Å². The lowest BCUT2D eigenvalue weighted by Gasteiger charge is -2.41. The van der Waals surface area contributed by atoms with Crippen molar-refractivity contribution in [1.29, 1.82) is 0 Å². The first-order valence-corrected chi connectivity index (χ1v) is 6.43. The van der Waals surface area contributed by atoms with Gasteiger partial charge >= 0.3 is 0 Å². The van der Waals surface area contributed by atoms with Crippen molar-refractivity contribution in [3.8, 4) is 0 Å². The molecule has 0 radical (unpaired) electrons. The lowest BCUT2D eigenvalue weighted by atomic mass is 9.69. The fourth-order valence-electron chi connectivity index (χ4n) is 2.72. The summed E-state index contributed by atoms with van der Waals surface area (Å²) in [5.74, 6) is -0.983. The molecule has 0 aliphatic heterocycles. The van der Waals surface area contributed by atoms with E-state index in [-0.39, 0.29) is 18.8 Å². The summed E-state index contributed by atoms with van der Waals surface area (Å²) in [6, 6.07) is 0. The Morgan fingerprint density at radius 2 is 2.00 bits per heavy atom. The summed E-state index contributed by atoms with van der Waals surface area (Å²) in [7, 11) is 0. The van der Waals surface area contributed by atoms with Crippen molar-refractivity contribution in [1.82, 2.24) is 0 Å². The molecule has 0 unspecified atom stereocenters. The molecule has 0 aromatic rings. The zero-order chi connectivity index (χ0) is 12.2. The minimum Gasteiger partial charge on any atom is -0.207 e. The number of rotatable bonds is 7. The Morgan fingerprint density at radius 3 is 2.44 bits per heavy atom. The zero-order valence-electron chi connectivity index (χ0n) is 10.5. The Bertz CT molecular complexity index is 213. The highest BCUT2D eigenvalue weighted by Crippen LogP contribution is 2.48. The first kappa shape index (κ1) is 13.7. The quantitative estimate of drug-likeness (QED) is 0.424. The number of unbranched alkanes of at least 4 members (excludes halogenated alkanes) is 1. The Morgan fingerprint density at radius 1 is 1.38 bits per heavy atom. The highest BCUT2D eigenvalue weighted by Gasteiger charge is 2.47. The molecule has 1 aliphatic rings. The van der Waals surface area contributed by atoms with E-state index in [0.29, 0.717) is 11.8 Å². The van der Waals surface area contributed by atoms with Crippen LogP contribution in [0.2, 0.25) is 0 Å². The van der Waals surface area contributed by atoms with Gasteiger partial charge in [-0.3, -0.25) is 0 Å². The van der Waals surface area contributed by atoms with Crippen LogP contribution in [0.1, 0.15) is 52.4 Å². The van der Waals surface area contributed by atoms with Crippen LogP contribution in [0.3, 0.4) is 0 Å². The van der Waals surface area contributed by atoms with Gasteiger partial charge in [-0.05, 0) is 43.4 Å². The largest absolute Gasteiger partial charge is 0.248 e. The molecule has 0 bridgehead atoms. The van der Waals surface area contributed by atoms with Crippen molar-refractivity contribution in [3.63, 3.8) is 0 Å². The third kappa shape index (κ3) is 4.23. The van der Waals surface area contributed by atoms with Gasteiger partial charge in [0.25, 0.3) is 0 Å². The summed E-state index contributed by atoms with van der Waals surface area (Å²) in [5.41, 5.74) is 0. The third-order valence-electron chi connectivity index (χ3n) is 3.55. The molecule has 1 fully saturated rings. The maximum atomic E-state index is 12.9. The second-order valence-corrected chi connectivity index (χ2v) is 5.63. The van der Waals surface area contributed by atoms with Gasteiger partial charge in [-0.15, -0.1) is 6.58 Å². The van der Waals surface area contributed by atoms with Crippen LogP contribution in [-0.2, 0) is 0 Å². The number of hydrogen-bond donors (Lipinski definition) is 0. The zero-order valence-corrected chi connectivity index (χ0v) is 10.5. The van der Waals surface area contributed by atoms with E-state index in [1.165, 1.54) is 0 Å². The van der Waals surface area contributed by atoms with E-state index in [1.54, 1.807) is 0 Å². The Balaban J connectivity index is 2.35. The molecule has 0 saturated heterocycles. The van der Waals surface area contributed by atoms with Crippen LogP contribution < -0.4 is 0 Å². The van der Waals surface area contributed by atoms with Crippen molar-refractivity contribution in [2.24, 2.45) is 17.8 Å². The number of hydrogen-bond acceptors (Lipinski definition) is 0. The average molecular weight is 230 g/mol. The fraction of sp³-hybridized carbons (Fsp3) is 0.857. The molecule has 0 amide bonds. The molecule has 1 rings (SSSR count). The molecule has 1 saturated carbocycles. The summed E-state index contributed by atoms with van der Waals surface area (Å²) in [6.07, 6.45) is 6.46. The van der Waals surface area contributed by atoms with Gasteiger partial charge in [0.15, 0.2) is 0 Å². The summed E-state index contributed by atoms with van der Waals surface area (Å²) in [4.78, 5) is 0. The highest BCUT2D eigenvalue weighted by atomic mass is 19.3. The van der Waals surface area contributed by atoms with Crippen LogP contribution in [0.15, 0.2) is 12.7 Å². The minimum atomic E-state index is -2.36. The van der Waals surface area contributed by atoms with E-state index in [1.807, 2.05) is 6.08 Å². The first-order chi connectivity index (χ1) is 7.44. The van der Waals surface area contributed by atoms with Gasteiger partial charge < -0.3 is 0 Å². The van der Waals surface area contributed by atoms with E-state index in [4.69, 9.17) is 0 Å². The van der Waals surface area contributed by atoms with Crippen LogP contribution in [0.25, 0.3) is 0 Å². The lowest BCUT2D eigenvalue weighted by Crippen LogP contribution is -2.40. The summed E-state index contributed by atoms with van der Waals surface area (Å²) < 4.78 is 25.7. The third-order valence-corrected chi connectivity index (χ3v) is 3.55. The summed E-state index contributed by atoms with van der Waals surface area (Å²) in [6.45, 7) is 8.06. The maximum Gasteiger partial charge on any atom is 0.248 e. The monoisotopic (exact) mass is 230 g/mol. The van der Waals surface area contributed by atoms with E-state index in [9.17, 15) is 8.78 Å². The van der Waals surface area contributed by atoms with Crippen LogP contribution in [0, 0.1) is 17.8 Å². The molecule has 0 spiro atoms. The van der Waals surface area contributed by atoms with Crippen LogP contribution in [-0.4, -0.2) is 5.92 Å². The Labute approximate surface area is 98.1 Å². The fourth-order valence-corrected chi connectivity index (χ4v) is 2.72. The van der Waals surface area contributed by atoms with E-state index in [0.717, 1.165) is 25.7 Å². The van der Waals surface area contributed by atoms with Gasteiger partial charge in [-0.2, -0.15) is 0 Å². The highest BCUT2D eigenvalue weighted by molar-refractivity contribution is 4.90. The summed E-state index contributed by atoms with van der Waals surface area (Å²) >= 11 is 0. The average Bonchev–Trinajstić information content (AvgIpc) is 2.12. The molecule has 94 valence electrons. The number of allylic oxidation sites excluding steroid dienone is 1. The van der Waals surface area contributed by atoms with Gasteiger partial charge in [0.2, 0.25) is 5.92 Å². The van der Waals surface area contributed by atoms with E-state index < -0.39 is 5.92 Å². The molecule has 0 aromatic carbocycles. The van der Waals surface area contributed by atoms with Crippen LogP contribution >= 0.6 is 0 Å². The second kappa shape index (κ2) is 5.79. The molecule has 0 aromatic heterocycles.